The van der Waals surface area contributed by atoms with Crippen LogP contribution in [0.1, 0.15) is 62.9 Å². The summed E-state index contributed by atoms with van der Waals surface area (Å²) in [6.45, 7) is 1.88. The van der Waals surface area contributed by atoms with E-state index in [0.29, 0.717) is 16.6 Å². The van der Waals surface area contributed by atoms with Crippen molar-refractivity contribution in [3.63, 3.8) is 0 Å². The Labute approximate surface area is 213 Å². The third-order valence-electron chi connectivity index (χ3n) is 8.09. The van der Waals surface area contributed by atoms with Crippen molar-refractivity contribution in [1.29, 1.82) is 0 Å². The molecule has 1 saturated carbocycles. The van der Waals surface area contributed by atoms with Gasteiger partial charge in [-0.1, -0.05) is 17.7 Å². The third-order valence-corrected chi connectivity index (χ3v) is 9.83. The van der Waals surface area contributed by atoms with Crippen molar-refractivity contribution in [2.75, 3.05) is 35.7 Å². The van der Waals surface area contributed by atoms with E-state index in [2.05, 4.69) is 26.3 Å². The highest BCUT2D eigenvalue weighted by atomic mass is 35.5. The fraction of sp³-hybridized carbons (Fsp3) is 0.600. The van der Waals surface area contributed by atoms with E-state index in [1.807, 2.05) is 0 Å². The number of hydrogen-bond acceptors (Lipinski definition) is 8. The molecule has 1 atom stereocenters. The second-order valence-electron chi connectivity index (χ2n) is 10.6. The number of allylic oxidation sites excluding steroid dienone is 2. The minimum atomic E-state index is -1.11. The van der Waals surface area contributed by atoms with Crippen LogP contribution in [0.5, 0.6) is 0 Å². The van der Waals surface area contributed by atoms with Crippen LogP contribution in [0.4, 0.5) is 11.8 Å². The molecule has 2 aromatic rings. The highest BCUT2D eigenvalue weighted by Crippen LogP contribution is 2.46. The van der Waals surface area contributed by atoms with Crippen molar-refractivity contribution in [1.82, 2.24) is 19.9 Å². The predicted octanol–water partition coefficient (Wildman–Crippen LogP) is 3.76. The van der Waals surface area contributed by atoms with Crippen LogP contribution in [-0.4, -0.2) is 60.2 Å². The molecule has 4 heterocycles. The van der Waals surface area contributed by atoms with Gasteiger partial charge < -0.3 is 15.3 Å². The van der Waals surface area contributed by atoms with E-state index < -0.39 is 10.8 Å². The van der Waals surface area contributed by atoms with Crippen LogP contribution in [0.2, 0.25) is 5.02 Å². The zero-order chi connectivity index (χ0) is 24.0. The van der Waals surface area contributed by atoms with E-state index >= 15 is 0 Å². The molecule has 186 valence electrons. The average molecular weight is 515 g/mol. The van der Waals surface area contributed by atoms with Gasteiger partial charge in [0.05, 0.1) is 33.7 Å². The van der Waals surface area contributed by atoms with Crippen LogP contribution < -0.4 is 10.2 Å². The molecule has 2 aromatic heterocycles. The van der Waals surface area contributed by atoms with Crippen LogP contribution in [0.15, 0.2) is 23.4 Å². The second kappa shape index (κ2) is 9.09. The molecule has 8 nitrogen and oxygen atoms in total. The molecule has 0 bridgehead atoms. The SMILES string of the molecule is O=[S@]1CCCCc2nc(N3CC4(CC=C(c5ncc(Cl)cn5)CC4)C3)nc(NC3(CO)CCC3)c21. The van der Waals surface area contributed by atoms with Crippen molar-refractivity contribution >= 4 is 39.7 Å². The molecule has 0 amide bonds. The maximum Gasteiger partial charge on any atom is 0.227 e. The van der Waals surface area contributed by atoms with E-state index in [-0.39, 0.29) is 17.6 Å². The number of rotatable bonds is 5. The first kappa shape index (κ1) is 23.3. The monoisotopic (exact) mass is 514 g/mol. The number of aliphatic hydroxyl groups is 1. The Hall–Kier alpha value is -2.10. The standard InChI is InChI=1S/C25H31ClN6O2S/c26-18-12-27-21(28-13-18)17-5-9-24(10-6-17)14-32(15-24)23-29-19-4-1-2-11-35(34)20(19)22(30-23)31-25(16-33)7-3-8-25/h5,12-13,33H,1-4,6-11,14-16H2,(H,29,30,31)/t35-/m0/s1. The van der Waals surface area contributed by atoms with Gasteiger partial charge in [-0.05, 0) is 63.4 Å². The summed E-state index contributed by atoms with van der Waals surface area (Å²) in [5.74, 6) is 2.81. The van der Waals surface area contributed by atoms with Gasteiger partial charge in [0.2, 0.25) is 5.95 Å². The molecule has 0 radical (unpaired) electrons. The maximum absolute atomic E-state index is 13.1. The number of fused-ring (bicyclic) bond motifs is 1. The molecule has 1 spiro atoms. The first-order valence-electron chi connectivity index (χ1n) is 12.6. The Balaban J connectivity index is 1.22. The van der Waals surface area contributed by atoms with Crippen LogP contribution >= 0.6 is 11.6 Å². The summed E-state index contributed by atoms with van der Waals surface area (Å²) in [5, 5.41) is 14.1. The lowest BCUT2D eigenvalue weighted by molar-refractivity contribution is 0.143. The van der Waals surface area contributed by atoms with Crippen molar-refractivity contribution in [3.05, 3.63) is 35.0 Å². The molecule has 2 aliphatic carbocycles. The summed E-state index contributed by atoms with van der Waals surface area (Å²) in [5.41, 5.74) is 1.98. The molecule has 2 N–H and O–H groups in total. The minimum Gasteiger partial charge on any atom is -0.394 e. The van der Waals surface area contributed by atoms with Crippen molar-refractivity contribution in [2.24, 2.45) is 5.41 Å². The van der Waals surface area contributed by atoms with Gasteiger partial charge in [0, 0.05) is 36.7 Å². The Kier molecular flexibility index (Phi) is 6.05. The van der Waals surface area contributed by atoms with Crippen LogP contribution in [0.25, 0.3) is 5.57 Å². The van der Waals surface area contributed by atoms with Crippen molar-refractivity contribution in [3.8, 4) is 0 Å². The van der Waals surface area contributed by atoms with Gasteiger partial charge in [-0.15, -0.1) is 0 Å². The Morgan fingerprint density at radius 2 is 1.89 bits per heavy atom. The van der Waals surface area contributed by atoms with Gasteiger partial charge in [0.15, 0.2) is 5.82 Å². The van der Waals surface area contributed by atoms with Gasteiger partial charge in [0.25, 0.3) is 0 Å². The number of aryl methyl sites for hydroxylation is 1. The summed E-state index contributed by atoms with van der Waals surface area (Å²) in [7, 11) is -1.11. The highest BCUT2D eigenvalue weighted by Gasteiger charge is 2.45. The maximum atomic E-state index is 13.1. The van der Waals surface area contributed by atoms with E-state index in [1.165, 1.54) is 5.57 Å². The number of aliphatic hydroxyl groups excluding tert-OH is 1. The molecule has 4 aliphatic rings. The number of aromatic nitrogens is 4. The minimum absolute atomic E-state index is 0.0621. The number of hydrogen-bond donors (Lipinski definition) is 2. The molecular formula is C25H31ClN6O2S. The van der Waals surface area contributed by atoms with Gasteiger partial charge in [-0.3, -0.25) is 4.21 Å². The number of nitrogens with one attached hydrogen (secondary N) is 1. The first-order valence-corrected chi connectivity index (χ1v) is 14.3. The molecule has 6 rings (SSSR count). The zero-order valence-electron chi connectivity index (χ0n) is 19.8. The molecular weight excluding hydrogens is 484 g/mol. The largest absolute Gasteiger partial charge is 0.394 e. The normalized spacial score (nSPS) is 24.6. The lowest BCUT2D eigenvalue weighted by Gasteiger charge is -2.52. The lowest BCUT2D eigenvalue weighted by Crippen LogP contribution is -2.57. The van der Waals surface area contributed by atoms with E-state index in [1.54, 1.807) is 12.4 Å². The predicted molar refractivity (Wildman–Crippen MR) is 137 cm³/mol. The van der Waals surface area contributed by atoms with Crippen LogP contribution in [0, 0.1) is 5.41 Å². The number of nitrogens with zero attached hydrogens (tertiary/aromatic N) is 5. The van der Waals surface area contributed by atoms with E-state index in [9.17, 15) is 9.32 Å². The Bertz CT molecular complexity index is 1170. The fourth-order valence-corrected chi connectivity index (χ4v) is 7.23. The molecule has 0 aromatic carbocycles. The van der Waals surface area contributed by atoms with Gasteiger partial charge in [-0.2, -0.15) is 4.98 Å². The number of anilines is 2. The van der Waals surface area contributed by atoms with E-state index in [4.69, 9.17) is 21.6 Å². The average Bonchev–Trinajstić information content (AvgIpc) is 3.01. The third kappa shape index (κ3) is 4.36. The molecule has 2 aliphatic heterocycles. The fourth-order valence-electron chi connectivity index (χ4n) is 5.74. The van der Waals surface area contributed by atoms with Crippen molar-refractivity contribution in [2.45, 2.75) is 68.2 Å². The summed E-state index contributed by atoms with van der Waals surface area (Å²) >= 11 is 5.93. The van der Waals surface area contributed by atoms with Crippen LogP contribution in [0.3, 0.4) is 0 Å². The zero-order valence-corrected chi connectivity index (χ0v) is 21.4. The molecule has 10 heteroatoms. The Morgan fingerprint density at radius 3 is 2.54 bits per heavy atom. The molecule has 0 unspecified atom stereocenters. The molecule has 2 fully saturated rings. The number of halogens is 1. The topological polar surface area (TPSA) is 104 Å². The van der Waals surface area contributed by atoms with Crippen molar-refractivity contribution < 1.29 is 9.32 Å². The van der Waals surface area contributed by atoms with Gasteiger partial charge in [-0.25, -0.2) is 15.0 Å². The lowest BCUT2D eigenvalue weighted by atomic mass is 9.69. The summed E-state index contributed by atoms with van der Waals surface area (Å²) in [6.07, 6.45) is 14.2. The first-order chi connectivity index (χ1) is 17.0. The second-order valence-corrected chi connectivity index (χ2v) is 12.5. The molecule has 35 heavy (non-hydrogen) atoms. The molecule has 1 saturated heterocycles. The highest BCUT2D eigenvalue weighted by molar-refractivity contribution is 7.85. The van der Waals surface area contributed by atoms with Gasteiger partial charge in [0.1, 0.15) is 10.7 Å². The summed E-state index contributed by atoms with van der Waals surface area (Å²) in [4.78, 5) is 21.6. The van der Waals surface area contributed by atoms with Gasteiger partial charge >= 0.3 is 0 Å². The summed E-state index contributed by atoms with van der Waals surface area (Å²) in [6, 6.07) is 0. The Morgan fingerprint density at radius 1 is 1.09 bits per heavy atom. The van der Waals surface area contributed by atoms with E-state index in [0.717, 1.165) is 93.2 Å². The van der Waals surface area contributed by atoms with Crippen LogP contribution in [-0.2, 0) is 17.2 Å². The smallest absolute Gasteiger partial charge is 0.227 e. The quantitative estimate of drug-likeness (QED) is 0.621. The summed E-state index contributed by atoms with van der Waals surface area (Å²) < 4.78 is 13.1.